The van der Waals surface area contributed by atoms with Crippen LogP contribution in [0, 0.1) is 5.92 Å². The average molecular weight is 765 g/mol. The Labute approximate surface area is 316 Å². The largest absolute Gasteiger partial charge is 0.573 e. The number of piperidine rings is 3. The van der Waals surface area contributed by atoms with Gasteiger partial charge >= 0.3 is 6.36 Å². The number of imide groups is 1. The van der Waals surface area contributed by atoms with Crippen LogP contribution in [0.25, 0.3) is 21.9 Å². The van der Waals surface area contributed by atoms with Gasteiger partial charge in [0.2, 0.25) is 11.8 Å². The van der Waals surface area contributed by atoms with Crippen LogP contribution < -0.4 is 20.9 Å². The number of carbonyl (C=O) groups is 2. The van der Waals surface area contributed by atoms with E-state index in [1.54, 1.807) is 37.6 Å². The van der Waals surface area contributed by atoms with Crippen LogP contribution in [0.1, 0.15) is 62.0 Å². The second-order valence-corrected chi connectivity index (χ2v) is 15.2. The number of alkyl halides is 3. The Morgan fingerprint density at radius 1 is 0.944 bits per heavy atom. The lowest BCUT2D eigenvalue weighted by atomic mass is 9.88. The monoisotopic (exact) mass is 764 g/mol. The van der Waals surface area contributed by atoms with Crippen LogP contribution in [0.5, 0.6) is 5.75 Å². The number of aryl methyl sites for hydroxylation is 1. The molecule has 10 nitrogen and oxygen atoms in total. The van der Waals surface area contributed by atoms with Crippen LogP contribution >= 0.6 is 11.6 Å². The minimum atomic E-state index is -4.85. The number of aromatic nitrogens is 2. The highest BCUT2D eigenvalue weighted by Crippen LogP contribution is 2.37. The number of anilines is 1. The summed E-state index contributed by atoms with van der Waals surface area (Å²) in [7, 11) is 1.61. The Hall–Kier alpha value is -4.46. The first kappa shape index (κ1) is 37.8. The molecule has 5 heterocycles. The van der Waals surface area contributed by atoms with Crippen molar-refractivity contribution in [3.05, 3.63) is 87.6 Å². The van der Waals surface area contributed by atoms with Gasteiger partial charge in [-0.25, -0.2) is 0 Å². The number of halogens is 4. The van der Waals surface area contributed by atoms with E-state index in [0.717, 1.165) is 76.1 Å². The van der Waals surface area contributed by atoms with Gasteiger partial charge in [-0.15, -0.1) is 13.2 Å². The Balaban J connectivity index is 0.898. The third kappa shape index (κ3) is 8.90. The van der Waals surface area contributed by atoms with Gasteiger partial charge in [-0.2, -0.15) is 0 Å². The van der Waals surface area contributed by atoms with Gasteiger partial charge < -0.3 is 19.5 Å². The number of hydrogen-bond acceptors (Lipinski definition) is 8. The van der Waals surface area contributed by atoms with E-state index in [2.05, 4.69) is 30.2 Å². The van der Waals surface area contributed by atoms with E-state index in [4.69, 9.17) is 11.6 Å². The fraction of sp³-hybridized carbons (Fsp3) is 0.450. The number of carbonyl (C=O) groups excluding carboxylic acids is 2. The number of hydrogen-bond donors (Lipinski definition) is 2. The van der Waals surface area contributed by atoms with Gasteiger partial charge in [-0.3, -0.25) is 29.6 Å². The van der Waals surface area contributed by atoms with Gasteiger partial charge in [0.25, 0.3) is 5.56 Å². The highest BCUT2D eigenvalue weighted by atomic mass is 35.5. The summed E-state index contributed by atoms with van der Waals surface area (Å²) in [6, 6.07) is 12.0. The Bertz CT molecular complexity index is 2080. The maximum atomic E-state index is 13.6. The van der Waals surface area contributed by atoms with Gasteiger partial charge in [0, 0.05) is 60.4 Å². The lowest BCUT2D eigenvalue weighted by molar-refractivity contribution is -0.275. The van der Waals surface area contributed by atoms with Crippen LogP contribution in [0.2, 0.25) is 5.02 Å². The summed E-state index contributed by atoms with van der Waals surface area (Å²) >= 11 is 6.72. The summed E-state index contributed by atoms with van der Waals surface area (Å²) in [6.07, 6.45) is 5.65. The molecule has 2 N–H and O–H groups in total. The zero-order chi connectivity index (χ0) is 38.0. The molecule has 3 fully saturated rings. The van der Waals surface area contributed by atoms with Gasteiger partial charge in [-0.1, -0.05) is 29.8 Å². The van der Waals surface area contributed by atoms with Crippen molar-refractivity contribution in [1.82, 2.24) is 24.7 Å². The number of pyridine rings is 2. The zero-order valence-corrected chi connectivity index (χ0v) is 30.9. The fourth-order valence-electron chi connectivity index (χ4n) is 8.10. The number of amides is 2. The highest BCUT2D eigenvalue weighted by Gasteiger charge is 2.33. The molecule has 14 heteroatoms. The molecule has 4 aromatic rings. The molecule has 7 rings (SSSR count). The van der Waals surface area contributed by atoms with Crippen molar-refractivity contribution in [2.45, 2.75) is 69.8 Å². The van der Waals surface area contributed by atoms with Crippen molar-refractivity contribution in [3.63, 3.8) is 0 Å². The normalized spacial score (nSPS) is 19.6. The Morgan fingerprint density at radius 3 is 2.43 bits per heavy atom. The Morgan fingerprint density at radius 2 is 1.70 bits per heavy atom. The predicted octanol–water partition coefficient (Wildman–Crippen LogP) is 6.85. The molecule has 1 unspecified atom stereocenters. The summed E-state index contributed by atoms with van der Waals surface area (Å²) in [6.45, 7) is 4.93. The molecule has 54 heavy (non-hydrogen) atoms. The van der Waals surface area contributed by atoms with E-state index >= 15 is 0 Å². The van der Waals surface area contributed by atoms with Crippen LogP contribution in [-0.2, 0) is 23.2 Å². The standard InChI is InChI=1S/C40H44ClF3N6O4/c1-48-24-33(31-8-14-45-22-32(31)39(48)53)27-2-3-28(36(20-27)54-40(42,43)44)23-50-16-10-25(11-17-50)9-15-49-18-12-26(13-19-49)30-5-4-29(21-34(30)41)46-35-6-7-37(51)47-38(35)52/h2-5,8,14,20-22,24-26,35,46H,6-7,9-13,15-19,23H2,1H3,(H,47,51,52). The fourth-order valence-corrected chi connectivity index (χ4v) is 8.44. The van der Waals surface area contributed by atoms with E-state index in [1.165, 1.54) is 16.8 Å². The van der Waals surface area contributed by atoms with Crippen molar-refractivity contribution in [3.8, 4) is 16.9 Å². The molecule has 286 valence electrons. The van der Waals surface area contributed by atoms with Crippen molar-refractivity contribution in [2.24, 2.45) is 13.0 Å². The third-order valence-corrected chi connectivity index (χ3v) is 11.5. The van der Waals surface area contributed by atoms with E-state index < -0.39 is 12.4 Å². The van der Waals surface area contributed by atoms with E-state index in [1.807, 2.05) is 18.2 Å². The molecular weight excluding hydrogens is 721 g/mol. The summed E-state index contributed by atoms with van der Waals surface area (Å²) in [5.74, 6) is 0.125. The molecule has 3 aliphatic rings. The average Bonchev–Trinajstić information content (AvgIpc) is 3.14. The SMILES string of the molecule is Cn1cc(-c2ccc(CN3CCC(CCN4CCC(c5ccc(NC6CCC(=O)NC6=O)cc5Cl)CC4)CC3)c(OC(F)(F)F)c2)c2ccncc2c1=O. The van der Waals surface area contributed by atoms with Crippen molar-refractivity contribution < 1.29 is 27.5 Å². The molecule has 3 saturated heterocycles. The van der Waals surface area contributed by atoms with Gasteiger partial charge in [0.1, 0.15) is 11.8 Å². The summed E-state index contributed by atoms with van der Waals surface area (Å²) < 4.78 is 46.8. The topological polar surface area (TPSA) is 109 Å². The number of rotatable bonds is 10. The maximum absolute atomic E-state index is 13.6. The van der Waals surface area contributed by atoms with E-state index in [-0.39, 0.29) is 23.1 Å². The molecular formula is C40H44ClF3N6O4. The van der Waals surface area contributed by atoms with Crippen molar-refractivity contribution in [1.29, 1.82) is 0 Å². The number of benzene rings is 2. The van der Waals surface area contributed by atoms with Crippen LogP contribution in [0.3, 0.4) is 0 Å². The van der Waals surface area contributed by atoms with Crippen molar-refractivity contribution >= 4 is 39.9 Å². The summed E-state index contributed by atoms with van der Waals surface area (Å²) in [5, 5.41) is 7.26. The number of likely N-dealkylation sites (tertiary alicyclic amines) is 2. The predicted molar refractivity (Wildman–Crippen MR) is 201 cm³/mol. The number of nitrogens with one attached hydrogen (secondary N) is 2. The molecule has 3 aliphatic heterocycles. The molecule has 0 spiro atoms. The maximum Gasteiger partial charge on any atom is 0.573 e. The van der Waals surface area contributed by atoms with Crippen LogP contribution in [-0.4, -0.2) is 76.3 Å². The first-order chi connectivity index (χ1) is 25.9. The first-order valence-corrected chi connectivity index (χ1v) is 18.9. The highest BCUT2D eigenvalue weighted by molar-refractivity contribution is 6.31. The van der Waals surface area contributed by atoms with Crippen LogP contribution in [0.15, 0.2) is 65.8 Å². The smallest absolute Gasteiger partial charge is 0.405 e. The molecule has 2 aromatic carbocycles. The molecule has 0 saturated carbocycles. The zero-order valence-electron chi connectivity index (χ0n) is 30.1. The molecule has 0 radical (unpaired) electrons. The van der Waals surface area contributed by atoms with Gasteiger partial charge in [-0.05, 0) is 124 Å². The molecule has 2 aromatic heterocycles. The number of nitrogens with zero attached hydrogens (tertiary/aromatic N) is 4. The minimum Gasteiger partial charge on any atom is -0.405 e. The summed E-state index contributed by atoms with van der Waals surface area (Å²) in [5.41, 5.74) is 3.26. The van der Waals surface area contributed by atoms with E-state index in [9.17, 15) is 27.6 Å². The lowest BCUT2D eigenvalue weighted by Crippen LogP contribution is -2.47. The molecule has 2 amide bonds. The first-order valence-electron chi connectivity index (χ1n) is 18.6. The lowest BCUT2D eigenvalue weighted by Gasteiger charge is -2.36. The van der Waals surface area contributed by atoms with Crippen molar-refractivity contribution in [2.75, 3.05) is 38.0 Å². The molecule has 0 aliphatic carbocycles. The Kier molecular flexibility index (Phi) is 11.3. The van der Waals surface area contributed by atoms with Gasteiger partial charge in [0.15, 0.2) is 0 Å². The van der Waals surface area contributed by atoms with Crippen LogP contribution in [0.4, 0.5) is 18.9 Å². The molecule has 0 bridgehead atoms. The second-order valence-electron chi connectivity index (χ2n) is 14.8. The summed E-state index contributed by atoms with van der Waals surface area (Å²) in [4.78, 5) is 45.0. The second kappa shape index (κ2) is 16.1. The molecule has 1 atom stereocenters. The number of ether oxygens (including phenoxy) is 1. The quantitative estimate of drug-likeness (QED) is 0.169. The third-order valence-electron chi connectivity index (χ3n) is 11.2. The minimum absolute atomic E-state index is 0.231. The number of fused-ring (bicyclic) bond motifs is 1. The van der Waals surface area contributed by atoms with E-state index in [0.29, 0.717) is 63.7 Å². The van der Waals surface area contributed by atoms with Gasteiger partial charge in [0.05, 0.1) is 5.39 Å².